The summed E-state index contributed by atoms with van der Waals surface area (Å²) in [7, 11) is 0. The predicted molar refractivity (Wildman–Crippen MR) is 61.1 cm³/mol. The highest BCUT2D eigenvalue weighted by molar-refractivity contribution is 5.78. The molecule has 0 fully saturated rings. The molecule has 2 N–H and O–H groups in total. The molecule has 90 valence electrons. The van der Waals surface area contributed by atoms with Crippen molar-refractivity contribution >= 4 is 5.91 Å². The van der Waals surface area contributed by atoms with Crippen LogP contribution in [0.15, 0.2) is 10.6 Å². The molecule has 16 heavy (non-hydrogen) atoms. The number of aryl methyl sites for hydroxylation is 1. The number of aromatic nitrogens is 1. The van der Waals surface area contributed by atoms with E-state index >= 15 is 0 Å². The number of nitrogens with zero attached hydrogens (tertiary/aromatic N) is 1. The zero-order chi connectivity index (χ0) is 12.0. The molecule has 0 saturated carbocycles. The minimum atomic E-state index is -0.0296. The molecule has 0 bridgehead atoms. The summed E-state index contributed by atoms with van der Waals surface area (Å²) < 4.78 is 4.89. The van der Waals surface area contributed by atoms with Crippen LogP contribution in [-0.2, 0) is 11.2 Å². The van der Waals surface area contributed by atoms with E-state index < -0.39 is 0 Å². The first kappa shape index (κ1) is 12.7. The summed E-state index contributed by atoms with van der Waals surface area (Å²) in [5.41, 5.74) is 0.672. The standard InChI is InChI=1S/C11H19N3O2/c1-4-12-8(2)7-13-11(15)6-10-5-9(3)16-14-10/h5,8,12H,4,6-7H2,1-3H3,(H,13,15)/t8-/m1/s1. The van der Waals surface area contributed by atoms with Gasteiger partial charge in [-0.25, -0.2) is 0 Å². The van der Waals surface area contributed by atoms with Crippen molar-refractivity contribution in [2.45, 2.75) is 33.2 Å². The Morgan fingerprint density at radius 3 is 2.94 bits per heavy atom. The number of rotatable bonds is 6. The van der Waals surface area contributed by atoms with Crippen molar-refractivity contribution < 1.29 is 9.32 Å². The van der Waals surface area contributed by atoms with Crippen molar-refractivity contribution in [3.05, 3.63) is 17.5 Å². The molecule has 0 unspecified atom stereocenters. The van der Waals surface area contributed by atoms with Crippen LogP contribution in [0.1, 0.15) is 25.3 Å². The maximum atomic E-state index is 11.5. The number of carbonyl (C=O) groups is 1. The Kier molecular flexibility index (Phi) is 4.98. The lowest BCUT2D eigenvalue weighted by Crippen LogP contribution is -2.39. The maximum absolute atomic E-state index is 11.5. The number of carbonyl (C=O) groups excluding carboxylic acids is 1. The predicted octanol–water partition coefficient (Wildman–Crippen LogP) is 0.640. The van der Waals surface area contributed by atoms with Crippen LogP contribution in [0, 0.1) is 6.92 Å². The molecule has 5 heteroatoms. The van der Waals surface area contributed by atoms with Crippen molar-refractivity contribution in [2.75, 3.05) is 13.1 Å². The van der Waals surface area contributed by atoms with E-state index in [0.29, 0.717) is 12.2 Å². The lowest BCUT2D eigenvalue weighted by molar-refractivity contribution is -0.120. The van der Waals surface area contributed by atoms with Crippen molar-refractivity contribution in [3.63, 3.8) is 0 Å². The van der Waals surface area contributed by atoms with Crippen LogP contribution in [0.5, 0.6) is 0 Å². The van der Waals surface area contributed by atoms with Gasteiger partial charge < -0.3 is 15.2 Å². The maximum Gasteiger partial charge on any atom is 0.226 e. The van der Waals surface area contributed by atoms with Crippen LogP contribution in [0.4, 0.5) is 0 Å². The number of hydrogen-bond acceptors (Lipinski definition) is 4. The van der Waals surface area contributed by atoms with Gasteiger partial charge in [0.1, 0.15) is 5.76 Å². The summed E-state index contributed by atoms with van der Waals surface area (Å²) in [6.07, 6.45) is 0.274. The third kappa shape index (κ3) is 4.44. The number of amides is 1. The van der Waals surface area contributed by atoms with Crippen LogP contribution in [0.2, 0.25) is 0 Å². The molecule has 1 aromatic heterocycles. The van der Waals surface area contributed by atoms with E-state index in [1.54, 1.807) is 6.07 Å². The van der Waals surface area contributed by atoms with Gasteiger partial charge in [0.15, 0.2) is 0 Å². The molecule has 0 aliphatic heterocycles. The largest absolute Gasteiger partial charge is 0.361 e. The van der Waals surface area contributed by atoms with E-state index in [1.165, 1.54) is 0 Å². The molecular weight excluding hydrogens is 206 g/mol. The molecule has 1 rings (SSSR count). The summed E-state index contributed by atoms with van der Waals surface area (Å²) in [5.74, 6) is 0.696. The zero-order valence-corrected chi connectivity index (χ0v) is 10.0. The summed E-state index contributed by atoms with van der Waals surface area (Å²) in [5, 5.41) is 9.83. The van der Waals surface area contributed by atoms with Crippen molar-refractivity contribution in [3.8, 4) is 0 Å². The van der Waals surface area contributed by atoms with Crippen LogP contribution in [0.3, 0.4) is 0 Å². The molecule has 0 aliphatic rings. The average molecular weight is 225 g/mol. The van der Waals surface area contributed by atoms with E-state index in [-0.39, 0.29) is 18.4 Å². The smallest absolute Gasteiger partial charge is 0.226 e. The highest BCUT2D eigenvalue weighted by Gasteiger charge is 2.08. The second kappa shape index (κ2) is 6.27. The fraction of sp³-hybridized carbons (Fsp3) is 0.636. The van der Waals surface area contributed by atoms with E-state index in [1.807, 2.05) is 20.8 Å². The Morgan fingerprint density at radius 2 is 2.38 bits per heavy atom. The molecule has 1 aromatic rings. The molecule has 1 heterocycles. The monoisotopic (exact) mass is 225 g/mol. The van der Waals surface area contributed by atoms with Gasteiger partial charge in [-0.2, -0.15) is 0 Å². The molecule has 1 amide bonds. The quantitative estimate of drug-likeness (QED) is 0.745. The number of nitrogens with one attached hydrogen (secondary N) is 2. The van der Waals surface area contributed by atoms with Crippen molar-refractivity contribution in [1.29, 1.82) is 0 Å². The Balaban J connectivity index is 2.26. The molecule has 5 nitrogen and oxygen atoms in total. The van der Waals surface area contributed by atoms with Crippen LogP contribution >= 0.6 is 0 Å². The van der Waals surface area contributed by atoms with Gasteiger partial charge in [0.05, 0.1) is 12.1 Å². The lowest BCUT2D eigenvalue weighted by atomic mass is 10.2. The van der Waals surface area contributed by atoms with Crippen LogP contribution < -0.4 is 10.6 Å². The minimum absolute atomic E-state index is 0.0296. The zero-order valence-electron chi connectivity index (χ0n) is 10.0. The summed E-state index contributed by atoms with van der Waals surface area (Å²) in [4.78, 5) is 11.5. The molecule has 0 aromatic carbocycles. The van der Waals surface area contributed by atoms with Gasteiger partial charge in [-0.05, 0) is 20.4 Å². The van der Waals surface area contributed by atoms with Gasteiger partial charge in [0.2, 0.25) is 5.91 Å². The fourth-order valence-corrected chi connectivity index (χ4v) is 1.42. The van der Waals surface area contributed by atoms with E-state index in [2.05, 4.69) is 15.8 Å². The van der Waals surface area contributed by atoms with Gasteiger partial charge in [-0.3, -0.25) is 4.79 Å². The molecular formula is C11H19N3O2. The fourth-order valence-electron chi connectivity index (χ4n) is 1.42. The molecule has 0 radical (unpaired) electrons. The SMILES string of the molecule is CCN[C@H](C)CNC(=O)Cc1cc(C)on1. The van der Waals surface area contributed by atoms with E-state index in [4.69, 9.17) is 4.52 Å². The first-order chi connectivity index (χ1) is 7.61. The molecule has 1 atom stereocenters. The third-order valence-electron chi connectivity index (χ3n) is 2.18. The number of hydrogen-bond donors (Lipinski definition) is 2. The van der Waals surface area contributed by atoms with Gasteiger partial charge >= 0.3 is 0 Å². The van der Waals surface area contributed by atoms with Gasteiger partial charge in [-0.15, -0.1) is 0 Å². The molecule has 0 spiro atoms. The highest BCUT2D eigenvalue weighted by atomic mass is 16.5. The Bertz CT molecular complexity index is 336. The second-order valence-electron chi connectivity index (χ2n) is 3.87. The normalized spacial score (nSPS) is 12.4. The topological polar surface area (TPSA) is 67.2 Å². The number of likely N-dealkylation sites (N-methyl/N-ethyl adjacent to an activating group) is 1. The Hall–Kier alpha value is -1.36. The van der Waals surface area contributed by atoms with Crippen molar-refractivity contribution in [1.82, 2.24) is 15.8 Å². The minimum Gasteiger partial charge on any atom is -0.361 e. The molecule has 0 saturated heterocycles. The highest BCUT2D eigenvalue weighted by Crippen LogP contribution is 2.01. The van der Waals surface area contributed by atoms with Gasteiger partial charge in [-0.1, -0.05) is 12.1 Å². The lowest BCUT2D eigenvalue weighted by Gasteiger charge is -2.12. The van der Waals surface area contributed by atoms with Crippen molar-refractivity contribution in [2.24, 2.45) is 0 Å². The third-order valence-corrected chi connectivity index (χ3v) is 2.18. The summed E-state index contributed by atoms with van der Waals surface area (Å²) in [6, 6.07) is 2.06. The van der Waals surface area contributed by atoms with Crippen LogP contribution in [0.25, 0.3) is 0 Å². The Labute approximate surface area is 95.6 Å². The van der Waals surface area contributed by atoms with Gasteiger partial charge in [0, 0.05) is 18.7 Å². The van der Waals surface area contributed by atoms with E-state index in [0.717, 1.165) is 12.3 Å². The molecule has 0 aliphatic carbocycles. The van der Waals surface area contributed by atoms with Gasteiger partial charge in [0.25, 0.3) is 0 Å². The van der Waals surface area contributed by atoms with Crippen LogP contribution in [-0.4, -0.2) is 30.2 Å². The van der Waals surface area contributed by atoms with E-state index in [9.17, 15) is 4.79 Å². The Morgan fingerprint density at radius 1 is 1.62 bits per heavy atom. The summed E-state index contributed by atoms with van der Waals surface area (Å²) >= 11 is 0. The second-order valence-corrected chi connectivity index (χ2v) is 3.87. The summed E-state index contributed by atoms with van der Waals surface area (Å²) in [6.45, 7) is 7.41. The first-order valence-electron chi connectivity index (χ1n) is 5.54. The first-order valence-corrected chi connectivity index (χ1v) is 5.54. The average Bonchev–Trinajstić information content (AvgIpc) is 2.61.